The average molecular weight is 184 g/mol. The van der Waals surface area contributed by atoms with Gasteiger partial charge in [0, 0.05) is 13.2 Å². The smallest absolute Gasteiger partial charge is 0.301 e. The molecule has 1 atom stereocenters. The molecule has 0 heterocycles. The Hall–Kier alpha value is 0.0300. The van der Waals surface area contributed by atoms with Crippen LogP contribution in [-0.4, -0.2) is 28.6 Å². The molecule has 70 valence electrons. The molecule has 0 aliphatic rings. The predicted octanol–water partition coefficient (Wildman–Crippen LogP) is 1.20. The molecular weight excluding hydrogens is 168 g/mol. The lowest BCUT2D eigenvalue weighted by Crippen LogP contribution is -1.91. The predicted molar refractivity (Wildman–Crippen MR) is 44.6 cm³/mol. The summed E-state index contributed by atoms with van der Waals surface area (Å²) in [6.07, 6.45) is 0. The molecule has 5 heteroatoms. The van der Waals surface area contributed by atoms with Crippen LogP contribution in [0, 0.1) is 0 Å². The van der Waals surface area contributed by atoms with Gasteiger partial charge in [-0.2, -0.15) is 4.21 Å². The maximum Gasteiger partial charge on any atom is 0.301 e. The van der Waals surface area contributed by atoms with Crippen molar-refractivity contribution in [3.05, 3.63) is 0 Å². The molecule has 0 aromatic heterocycles. The van der Waals surface area contributed by atoms with Crippen molar-refractivity contribution in [2.45, 2.75) is 20.8 Å². The number of ether oxygens (including phenoxy) is 1. The Kier molecular flexibility index (Phi) is 15.7. The second kappa shape index (κ2) is 12.7. The summed E-state index contributed by atoms with van der Waals surface area (Å²) >= 11 is -2.07. The van der Waals surface area contributed by atoms with Crippen LogP contribution < -0.4 is 0 Å². The first kappa shape index (κ1) is 13.6. The Labute approximate surface area is 70.4 Å². The van der Waals surface area contributed by atoms with Gasteiger partial charge in [-0.25, -0.2) is 0 Å². The highest BCUT2D eigenvalue weighted by atomic mass is 32.2. The minimum atomic E-state index is -2.07. The van der Waals surface area contributed by atoms with E-state index in [-0.39, 0.29) is 6.61 Å². The molecule has 4 nitrogen and oxygen atoms in total. The van der Waals surface area contributed by atoms with Crippen molar-refractivity contribution in [3.8, 4) is 0 Å². The zero-order valence-electron chi connectivity index (χ0n) is 7.20. The normalized spacial score (nSPS) is 11.6. The third-order valence-electron chi connectivity index (χ3n) is 0.627. The van der Waals surface area contributed by atoms with Gasteiger partial charge in [0.1, 0.15) is 0 Å². The summed E-state index contributed by atoms with van der Waals surface area (Å²) in [6.45, 7) is 7.59. The van der Waals surface area contributed by atoms with Gasteiger partial charge in [-0.1, -0.05) is 0 Å². The maximum absolute atomic E-state index is 9.49. The number of hydrogen-bond acceptors (Lipinski definition) is 3. The van der Waals surface area contributed by atoms with E-state index in [9.17, 15) is 4.21 Å². The first-order valence-electron chi connectivity index (χ1n) is 3.50. The van der Waals surface area contributed by atoms with Crippen LogP contribution in [0.1, 0.15) is 20.8 Å². The van der Waals surface area contributed by atoms with E-state index in [1.807, 2.05) is 13.8 Å². The molecule has 11 heavy (non-hydrogen) atoms. The molecular formula is C6H16O4S. The standard InChI is InChI=1S/C4H10O.C2H6O3S/c1-3-5-4-2;1-2-5-6(3)4/h3-4H2,1-2H3;2H2,1H3,(H,3,4). The molecule has 1 N–H and O–H groups in total. The van der Waals surface area contributed by atoms with Crippen LogP contribution in [-0.2, 0) is 20.3 Å². The van der Waals surface area contributed by atoms with E-state index in [0.717, 1.165) is 13.2 Å². The first-order chi connectivity index (χ1) is 5.18. The first-order valence-corrected chi connectivity index (χ1v) is 4.54. The molecule has 0 bridgehead atoms. The summed E-state index contributed by atoms with van der Waals surface area (Å²) in [6, 6.07) is 0. The van der Waals surface area contributed by atoms with E-state index >= 15 is 0 Å². The van der Waals surface area contributed by atoms with Gasteiger partial charge in [-0.05, 0) is 20.8 Å². The van der Waals surface area contributed by atoms with E-state index < -0.39 is 11.4 Å². The molecule has 0 rings (SSSR count). The van der Waals surface area contributed by atoms with E-state index in [2.05, 4.69) is 4.18 Å². The zero-order valence-corrected chi connectivity index (χ0v) is 8.02. The van der Waals surface area contributed by atoms with Gasteiger partial charge < -0.3 is 4.74 Å². The molecule has 0 aromatic rings. The van der Waals surface area contributed by atoms with Crippen molar-refractivity contribution in [2.75, 3.05) is 19.8 Å². The van der Waals surface area contributed by atoms with Gasteiger partial charge in [-0.15, -0.1) is 0 Å². The van der Waals surface area contributed by atoms with Crippen molar-refractivity contribution < 1.29 is 17.7 Å². The molecule has 0 amide bonds. The van der Waals surface area contributed by atoms with Crippen LogP contribution in [0.15, 0.2) is 0 Å². The van der Waals surface area contributed by atoms with Crippen molar-refractivity contribution in [3.63, 3.8) is 0 Å². The van der Waals surface area contributed by atoms with E-state index in [1.165, 1.54) is 0 Å². The summed E-state index contributed by atoms with van der Waals surface area (Å²) in [7, 11) is 0. The highest BCUT2D eigenvalue weighted by molar-refractivity contribution is 7.74. The number of hydrogen-bond donors (Lipinski definition) is 1. The Bertz CT molecular complexity index is 84.7. The summed E-state index contributed by atoms with van der Waals surface area (Å²) in [5.74, 6) is 0. The van der Waals surface area contributed by atoms with Gasteiger partial charge in [0.15, 0.2) is 0 Å². The summed E-state index contributed by atoms with van der Waals surface area (Å²) in [5.41, 5.74) is 0. The molecule has 0 aliphatic heterocycles. The Morgan fingerprint density at radius 2 is 1.64 bits per heavy atom. The van der Waals surface area contributed by atoms with Crippen LogP contribution in [0.2, 0.25) is 0 Å². The second-order valence-electron chi connectivity index (χ2n) is 1.41. The monoisotopic (exact) mass is 184 g/mol. The van der Waals surface area contributed by atoms with Crippen LogP contribution in [0.3, 0.4) is 0 Å². The lowest BCUT2D eigenvalue weighted by molar-refractivity contribution is 0.162. The van der Waals surface area contributed by atoms with Gasteiger partial charge in [-0.3, -0.25) is 8.74 Å². The van der Waals surface area contributed by atoms with Crippen LogP contribution in [0.5, 0.6) is 0 Å². The molecule has 0 aliphatic carbocycles. The van der Waals surface area contributed by atoms with E-state index in [0.29, 0.717) is 0 Å². The average Bonchev–Trinajstić information content (AvgIpc) is 1.90. The molecule has 0 spiro atoms. The molecule has 0 fully saturated rings. The van der Waals surface area contributed by atoms with Gasteiger partial charge in [0.2, 0.25) is 0 Å². The van der Waals surface area contributed by atoms with Crippen LogP contribution >= 0.6 is 0 Å². The lowest BCUT2D eigenvalue weighted by atomic mass is 10.8. The maximum atomic E-state index is 9.49. The minimum absolute atomic E-state index is 0.281. The minimum Gasteiger partial charge on any atom is -0.382 e. The highest BCUT2D eigenvalue weighted by Crippen LogP contribution is 1.72. The Balaban J connectivity index is 0. The topological polar surface area (TPSA) is 55.8 Å². The molecule has 0 aromatic carbocycles. The SMILES string of the molecule is CCOCC.CCOS(=O)O. The highest BCUT2D eigenvalue weighted by Gasteiger charge is 1.82. The van der Waals surface area contributed by atoms with Crippen LogP contribution in [0.4, 0.5) is 0 Å². The molecule has 0 radical (unpaired) electrons. The van der Waals surface area contributed by atoms with Crippen molar-refractivity contribution in [2.24, 2.45) is 0 Å². The van der Waals surface area contributed by atoms with E-state index in [4.69, 9.17) is 9.29 Å². The van der Waals surface area contributed by atoms with Crippen molar-refractivity contribution in [1.82, 2.24) is 0 Å². The Morgan fingerprint density at radius 3 is 1.64 bits per heavy atom. The quantitative estimate of drug-likeness (QED) is 0.667. The van der Waals surface area contributed by atoms with Gasteiger partial charge in [0.25, 0.3) is 0 Å². The number of rotatable bonds is 4. The van der Waals surface area contributed by atoms with Crippen molar-refractivity contribution >= 4 is 11.4 Å². The second-order valence-corrected chi connectivity index (χ2v) is 2.08. The zero-order chi connectivity index (χ0) is 9.11. The van der Waals surface area contributed by atoms with Crippen LogP contribution in [0.25, 0.3) is 0 Å². The lowest BCUT2D eigenvalue weighted by Gasteiger charge is -1.86. The molecule has 1 unspecified atom stereocenters. The fourth-order valence-corrected chi connectivity index (χ4v) is 0.507. The summed E-state index contributed by atoms with van der Waals surface area (Å²) < 4.78 is 26.2. The largest absolute Gasteiger partial charge is 0.382 e. The summed E-state index contributed by atoms with van der Waals surface area (Å²) in [4.78, 5) is 0. The van der Waals surface area contributed by atoms with E-state index in [1.54, 1.807) is 6.92 Å². The fourth-order valence-electron chi connectivity index (χ4n) is 0.305. The molecule has 0 saturated carbocycles. The Morgan fingerprint density at radius 1 is 1.18 bits per heavy atom. The van der Waals surface area contributed by atoms with Gasteiger partial charge in [0.05, 0.1) is 6.61 Å². The third-order valence-corrected chi connectivity index (χ3v) is 1.06. The van der Waals surface area contributed by atoms with Crippen molar-refractivity contribution in [1.29, 1.82) is 0 Å². The summed E-state index contributed by atoms with van der Waals surface area (Å²) in [5, 5.41) is 0. The van der Waals surface area contributed by atoms with Gasteiger partial charge >= 0.3 is 11.4 Å². The third kappa shape index (κ3) is 25.6. The molecule has 0 saturated heterocycles. The fraction of sp³-hybridized carbons (Fsp3) is 1.00.